The summed E-state index contributed by atoms with van der Waals surface area (Å²) in [6.07, 6.45) is -0.797. The van der Waals surface area contributed by atoms with Crippen molar-refractivity contribution in [1.29, 1.82) is 0 Å². The first-order chi connectivity index (χ1) is 8.29. The second-order valence-corrected chi connectivity index (χ2v) is 5.10. The largest absolute Gasteiger partial charge is 0.492 e. The SMILES string of the molecule is C[C@H](O)c1cc(Cl)ccc1OCCSC(F)(F)F. The van der Waals surface area contributed by atoms with Crippen LogP contribution in [0.15, 0.2) is 18.2 Å². The molecule has 0 aliphatic carbocycles. The van der Waals surface area contributed by atoms with Crippen LogP contribution in [0.2, 0.25) is 5.02 Å². The third-order valence-corrected chi connectivity index (χ3v) is 2.96. The number of rotatable bonds is 5. The van der Waals surface area contributed by atoms with Crippen molar-refractivity contribution in [3.05, 3.63) is 28.8 Å². The molecule has 0 amide bonds. The first kappa shape index (κ1) is 15.5. The number of benzene rings is 1. The fraction of sp³-hybridized carbons (Fsp3) is 0.455. The molecule has 1 aromatic rings. The molecule has 1 rings (SSSR count). The molecule has 0 aromatic heterocycles. The number of hydrogen-bond acceptors (Lipinski definition) is 3. The monoisotopic (exact) mass is 300 g/mol. The summed E-state index contributed by atoms with van der Waals surface area (Å²) in [6.45, 7) is 1.44. The van der Waals surface area contributed by atoms with Crippen LogP contribution in [0.3, 0.4) is 0 Å². The summed E-state index contributed by atoms with van der Waals surface area (Å²) in [5, 5.41) is 9.92. The molecule has 18 heavy (non-hydrogen) atoms. The lowest BCUT2D eigenvalue weighted by Crippen LogP contribution is -2.08. The van der Waals surface area contributed by atoms with Crippen molar-refractivity contribution in [2.24, 2.45) is 0 Å². The summed E-state index contributed by atoms with van der Waals surface area (Å²) in [5.41, 5.74) is -3.80. The number of hydrogen-bond donors (Lipinski definition) is 1. The smallest absolute Gasteiger partial charge is 0.441 e. The molecule has 2 nitrogen and oxygen atoms in total. The van der Waals surface area contributed by atoms with Gasteiger partial charge in [0.1, 0.15) is 5.75 Å². The molecule has 0 heterocycles. The van der Waals surface area contributed by atoms with E-state index in [0.717, 1.165) is 0 Å². The van der Waals surface area contributed by atoms with Gasteiger partial charge in [-0.05, 0) is 36.9 Å². The molecule has 7 heteroatoms. The molecule has 1 aromatic carbocycles. The van der Waals surface area contributed by atoms with E-state index in [-0.39, 0.29) is 24.1 Å². The zero-order valence-electron chi connectivity index (χ0n) is 9.50. The normalized spacial score (nSPS) is 13.4. The molecule has 0 spiro atoms. The van der Waals surface area contributed by atoms with Gasteiger partial charge in [-0.2, -0.15) is 13.2 Å². The maximum absolute atomic E-state index is 11.9. The van der Waals surface area contributed by atoms with Gasteiger partial charge < -0.3 is 9.84 Å². The minimum Gasteiger partial charge on any atom is -0.492 e. The van der Waals surface area contributed by atoms with Gasteiger partial charge >= 0.3 is 5.51 Å². The fourth-order valence-electron chi connectivity index (χ4n) is 1.29. The molecule has 0 aliphatic rings. The quantitative estimate of drug-likeness (QED) is 0.833. The minimum atomic E-state index is -4.25. The Morgan fingerprint density at radius 2 is 2.11 bits per heavy atom. The molecule has 0 radical (unpaired) electrons. The highest BCUT2D eigenvalue weighted by molar-refractivity contribution is 8.00. The summed E-state index contributed by atoms with van der Waals surface area (Å²) in [6, 6.07) is 4.61. The molecule has 0 saturated heterocycles. The van der Waals surface area contributed by atoms with Gasteiger partial charge in [0, 0.05) is 16.3 Å². The zero-order chi connectivity index (χ0) is 13.8. The van der Waals surface area contributed by atoms with E-state index in [1.165, 1.54) is 19.1 Å². The van der Waals surface area contributed by atoms with Crippen LogP contribution in [0, 0.1) is 0 Å². The molecular formula is C11H12ClF3O2S. The van der Waals surface area contributed by atoms with Crippen molar-refractivity contribution in [3.63, 3.8) is 0 Å². The molecular weight excluding hydrogens is 289 g/mol. The first-order valence-electron chi connectivity index (χ1n) is 5.10. The Hall–Kier alpha value is -0.590. The highest BCUT2D eigenvalue weighted by atomic mass is 35.5. The number of alkyl halides is 3. The topological polar surface area (TPSA) is 29.5 Å². The Balaban J connectivity index is 2.57. The Morgan fingerprint density at radius 1 is 1.44 bits per heavy atom. The average Bonchev–Trinajstić information content (AvgIpc) is 2.24. The maximum atomic E-state index is 11.9. The molecule has 1 atom stereocenters. The second kappa shape index (κ2) is 6.54. The Morgan fingerprint density at radius 3 is 2.67 bits per heavy atom. The van der Waals surface area contributed by atoms with E-state index in [1.807, 2.05) is 0 Å². The Kier molecular flexibility index (Phi) is 5.62. The van der Waals surface area contributed by atoms with E-state index in [2.05, 4.69) is 0 Å². The van der Waals surface area contributed by atoms with E-state index in [4.69, 9.17) is 16.3 Å². The Bertz CT molecular complexity index is 396. The van der Waals surface area contributed by atoms with Crippen molar-refractivity contribution >= 4 is 23.4 Å². The highest BCUT2D eigenvalue weighted by Gasteiger charge is 2.27. The summed E-state index contributed by atoms with van der Waals surface area (Å²) in [5.74, 6) is 0.142. The average molecular weight is 301 g/mol. The Labute approximate surface area is 112 Å². The molecule has 0 aliphatic heterocycles. The summed E-state index contributed by atoms with van der Waals surface area (Å²) >= 11 is 5.62. The molecule has 0 unspecified atom stereocenters. The van der Waals surface area contributed by atoms with E-state index >= 15 is 0 Å². The summed E-state index contributed by atoms with van der Waals surface area (Å²) in [4.78, 5) is 0. The first-order valence-corrected chi connectivity index (χ1v) is 6.47. The van der Waals surface area contributed by atoms with Gasteiger partial charge in [0.15, 0.2) is 0 Å². The van der Waals surface area contributed by atoms with Crippen molar-refractivity contribution in [2.75, 3.05) is 12.4 Å². The molecule has 0 saturated carbocycles. The van der Waals surface area contributed by atoms with Crippen molar-refractivity contribution in [1.82, 2.24) is 0 Å². The number of aliphatic hydroxyl groups excluding tert-OH is 1. The lowest BCUT2D eigenvalue weighted by atomic mass is 10.1. The number of ether oxygens (including phenoxy) is 1. The van der Waals surface area contributed by atoms with Gasteiger partial charge in [0.05, 0.1) is 12.7 Å². The third-order valence-electron chi connectivity index (χ3n) is 2.03. The number of aliphatic hydroxyl groups is 1. The predicted octanol–water partition coefficient (Wildman–Crippen LogP) is 4.03. The molecule has 102 valence electrons. The van der Waals surface area contributed by atoms with Crippen LogP contribution in [-0.2, 0) is 0 Å². The second-order valence-electron chi connectivity index (χ2n) is 3.50. The summed E-state index contributed by atoms with van der Waals surface area (Å²) < 4.78 is 40.9. The van der Waals surface area contributed by atoms with Crippen molar-refractivity contribution in [2.45, 2.75) is 18.5 Å². The van der Waals surface area contributed by atoms with Crippen LogP contribution in [-0.4, -0.2) is 23.0 Å². The zero-order valence-corrected chi connectivity index (χ0v) is 11.1. The predicted molar refractivity (Wildman–Crippen MR) is 66.1 cm³/mol. The number of thioether (sulfide) groups is 1. The van der Waals surface area contributed by atoms with Crippen LogP contribution < -0.4 is 4.74 Å². The van der Waals surface area contributed by atoms with Crippen LogP contribution in [0.1, 0.15) is 18.6 Å². The lowest BCUT2D eigenvalue weighted by Gasteiger charge is -2.14. The van der Waals surface area contributed by atoms with Gasteiger partial charge in [-0.1, -0.05) is 11.6 Å². The van der Waals surface area contributed by atoms with Crippen LogP contribution >= 0.6 is 23.4 Å². The van der Waals surface area contributed by atoms with Crippen LogP contribution in [0.4, 0.5) is 13.2 Å². The maximum Gasteiger partial charge on any atom is 0.441 e. The van der Waals surface area contributed by atoms with Crippen LogP contribution in [0.25, 0.3) is 0 Å². The van der Waals surface area contributed by atoms with Gasteiger partial charge in [0.25, 0.3) is 0 Å². The summed E-state index contributed by atoms with van der Waals surface area (Å²) in [7, 11) is 0. The minimum absolute atomic E-state index is 0.0917. The van der Waals surface area contributed by atoms with Gasteiger partial charge in [-0.3, -0.25) is 0 Å². The molecule has 0 bridgehead atoms. The third kappa shape index (κ3) is 5.37. The lowest BCUT2D eigenvalue weighted by molar-refractivity contribution is -0.0329. The van der Waals surface area contributed by atoms with E-state index in [0.29, 0.717) is 16.3 Å². The fourth-order valence-corrected chi connectivity index (χ4v) is 1.86. The van der Waals surface area contributed by atoms with E-state index in [9.17, 15) is 18.3 Å². The van der Waals surface area contributed by atoms with Crippen LogP contribution in [0.5, 0.6) is 5.75 Å². The van der Waals surface area contributed by atoms with Crippen molar-refractivity contribution < 1.29 is 23.0 Å². The van der Waals surface area contributed by atoms with Gasteiger partial charge in [-0.25, -0.2) is 0 Å². The highest BCUT2D eigenvalue weighted by Crippen LogP contribution is 2.31. The van der Waals surface area contributed by atoms with Gasteiger partial charge in [0.2, 0.25) is 0 Å². The molecule has 0 fully saturated rings. The number of halogens is 4. The van der Waals surface area contributed by atoms with E-state index < -0.39 is 11.6 Å². The van der Waals surface area contributed by atoms with Gasteiger partial charge in [-0.15, -0.1) is 0 Å². The molecule has 1 N–H and O–H groups in total. The van der Waals surface area contributed by atoms with Crippen molar-refractivity contribution in [3.8, 4) is 5.75 Å². The standard InChI is InChI=1S/C11H12ClF3O2S/c1-7(16)9-6-8(12)2-3-10(9)17-4-5-18-11(13,14)15/h2-3,6-7,16H,4-5H2,1H3/t7-/m0/s1. The van der Waals surface area contributed by atoms with E-state index in [1.54, 1.807) is 6.07 Å².